The number of fused-ring (bicyclic) bond motifs is 3. The zero-order valence-electron chi connectivity index (χ0n) is 17.9. The highest BCUT2D eigenvalue weighted by atomic mass is 35.5. The van der Waals surface area contributed by atoms with Crippen LogP contribution in [-0.2, 0) is 14.3 Å². The molecule has 2 N–H and O–H groups in total. The molecule has 30 heavy (non-hydrogen) atoms. The predicted octanol–water partition coefficient (Wildman–Crippen LogP) is 5.05. The number of H-pyrrole nitrogens is 1. The van der Waals surface area contributed by atoms with Gasteiger partial charge in [-0.3, -0.25) is 9.59 Å². The third kappa shape index (κ3) is 6.21. The van der Waals surface area contributed by atoms with Gasteiger partial charge in [0.05, 0.1) is 5.92 Å². The minimum Gasteiger partial charge on any atom is -0.481 e. The van der Waals surface area contributed by atoms with Crippen LogP contribution in [0.15, 0.2) is 36.4 Å². The van der Waals surface area contributed by atoms with Gasteiger partial charge in [0, 0.05) is 40.3 Å². The fourth-order valence-corrected chi connectivity index (χ4v) is 3.41. The molecule has 6 nitrogen and oxygen atoms in total. The fourth-order valence-electron chi connectivity index (χ4n) is 3.24. The molecule has 0 radical (unpaired) electrons. The maximum absolute atomic E-state index is 12.4. The lowest BCUT2D eigenvalue weighted by molar-refractivity contribution is -0.145. The summed E-state index contributed by atoms with van der Waals surface area (Å²) in [4.78, 5) is 27.0. The van der Waals surface area contributed by atoms with E-state index < -0.39 is 5.97 Å². The molecule has 0 bridgehead atoms. The molecule has 3 rings (SSSR count). The molecule has 3 aromatic rings. The third-order valence-corrected chi connectivity index (χ3v) is 5.22. The maximum atomic E-state index is 12.4. The number of hydrogen-bond acceptors (Lipinski definition) is 4. The van der Waals surface area contributed by atoms with E-state index >= 15 is 0 Å². The second-order valence-corrected chi connectivity index (χ2v) is 7.49. The molecule has 1 aromatic heterocycles. The predicted molar refractivity (Wildman–Crippen MR) is 121 cm³/mol. The molecule has 0 amide bonds. The van der Waals surface area contributed by atoms with Gasteiger partial charge in [0.15, 0.2) is 0 Å². The molecule has 0 aliphatic carbocycles. The molecular formula is C23H29ClN2O4. The molecule has 7 heteroatoms. The molecule has 0 aliphatic heterocycles. The summed E-state index contributed by atoms with van der Waals surface area (Å²) in [6, 6.07) is 11.9. The minimum absolute atomic E-state index is 0.185. The molecule has 162 valence electrons. The summed E-state index contributed by atoms with van der Waals surface area (Å²) in [6.07, 6.45) is 0. The summed E-state index contributed by atoms with van der Waals surface area (Å²) in [6.45, 7) is 10.3. The SMILES string of the molecule is CC(=O)O.CCN(CC)CCOC(=O)C(C)c1ccc2c(c1)[nH]c1ccc(Cl)cc12. The number of hydrogen-bond donors (Lipinski definition) is 2. The Morgan fingerprint density at radius 2 is 1.77 bits per heavy atom. The average molecular weight is 433 g/mol. The number of nitrogens with one attached hydrogen (secondary N) is 1. The number of aromatic amines is 1. The van der Waals surface area contributed by atoms with E-state index in [-0.39, 0.29) is 11.9 Å². The number of esters is 1. The summed E-state index contributed by atoms with van der Waals surface area (Å²) in [7, 11) is 0. The first kappa shape index (κ1) is 23.7. The van der Waals surface area contributed by atoms with Crippen molar-refractivity contribution in [2.45, 2.75) is 33.6 Å². The second kappa shape index (κ2) is 11.0. The molecule has 2 aromatic carbocycles. The lowest BCUT2D eigenvalue weighted by Gasteiger charge is -2.18. The van der Waals surface area contributed by atoms with Crippen LogP contribution in [0.3, 0.4) is 0 Å². The van der Waals surface area contributed by atoms with Gasteiger partial charge in [0.25, 0.3) is 5.97 Å². The monoisotopic (exact) mass is 432 g/mol. The summed E-state index contributed by atoms with van der Waals surface area (Å²) in [5.41, 5.74) is 2.99. The minimum atomic E-state index is -0.833. The van der Waals surface area contributed by atoms with E-state index in [1.165, 1.54) is 0 Å². The first-order valence-electron chi connectivity index (χ1n) is 10.1. The smallest absolute Gasteiger partial charge is 0.313 e. The summed E-state index contributed by atoms with van der Waals surface area (Å²) in [5.74, 6) is -1.32. The van der Waals surface area contributed by atoms with Crippen LogP contribution in [0.4, 0.5) is 0 Å². The van der Waals surface area contributed by atoms with Gasteiger partial charge in [-0.1, -0.05) is 37.6 Å². The highest BCUT2D eigenvalue weighted by Crippen LogP contribution is 2.30. The molecule has 0 spiro atoms. The Morgan fingerprint density at radius 1 is 1.10 bits per heavy atom. The van der Waals surface area contributed by atoms with Crippen molar-refractivity contribution in [3.05, 3.63) is 47.0 Å². The first-order chi connectivity index (χ1) is 14.3. The van der Waals surface area contributed by atoms with Gasteiger partial charge in [-0.15, -0.1) is 0 Å². The lowest BCUT2D eigenvalue weighted by atomic mass is 9.99. The first-order valence-corrected chi connectivity index (χ1v) is 10.4. The van der Waals surface area contributed by atoms with Crippen LogP contribution < -0.4 is 0 Å². The number of aromatic nitrogens is 1. The quantitative estimate of drug-likeness (QED) is 0.510. The number of likely N-dealkylation sites (N-methyl/N-ethyl adjacent to an activating group) is 1. The van der Waals surface area contributed by atoms with Gasteiger partial charge in [-0.05, 0) is 49.8 Å². The largest absolute Gasteiger partial charge is 0.481 e. The Morgan fingerprint density at radius 3 is 2.40 bits per heavy atom. The molecule has 1 unspecified atom stereocenters. The zero-order valence-corrected chi connectivity index (χ0v) is 18.6. The summed E-state index contributed by atoms with van der Waals surface area (Å²) in [5, 5.41) is 10.3. The standard InChI is InChI=1S/C21H25ClN2O2.C2H4O2/c1-4-24(5-2)10-11-26-21(25)14(3)15-6-8-17-18-13-16(22)7-9-19(18)23-20(17)12-15;1-2(3)4/h6-9,12-14,23H,4-5,10-11H2,1-3H3;1H3,(H,3,4). The lowest BCUT2D eigenvalue weighted by Crippen LogP contribution is -2.28. The number of aliphatic carboxylic acids is 1. The number of ether oxygens (including phenoxy) is 1. The molecule has 0 saturated heterocycles. The van der Waals surface area contributed by atoms with Gasteiger partial charge >= 0.3 is 5.97 Å². The van der Waals surface area contributed by atoms with Gasteiger partial charge in [-0.2, -0.15) is 0 Å². The summed E-state index contributed by atoms with van der Waals surface area (Å²) >= 11 is 6.11. The Hall–Kier alpha value is -2.57. The van der Waals surface area contributed by atoms with Gasteiger partial charge in [-0.25, -0.2) is 0 Å². The van der Waals surface area contributed by atoms with E-state index in [2.05, 4.69) is 23.7 Å². The van der Waals surface area contributed by atoms with Crippen LogP contribution in [-0.4, -0.2) is 53.2 Å². The zero-order chi connectivity index (χ0) is 22.3. The van der Waals surface area contributed by atoms with Crippen molar-refractivity contribution in [3.63, 3.8) is 0 Å². The molecule has 1 heterocycles. The van der Waals surface area contributed by atoms with Crippen molar-refractivity contribution in [1.82, 2.24) is 9.88 Å². The molecule has 1 atom stereocenters. The van der Waals surface area contributed by atoms with Crippen molar-refractivity contribution in [3.8, 4) is 0 Å². The van der Waals surface area contributed by atoms with E-state index in [0.717, 1.165) is 53.9 Å². The molecule has 0 aliphatic rings. The van der Waals surface area contributed by atoms with Crippen molar-refractivity contribution in [1.29, 1.82) is 0 Å². The van der Waals surface area contributed by atoms with Crippen molar-refractivity contribution in [2.75, 3.05) is 26.2 Å². The number of carbonyl (C=O) groups excluding carboxylic acids is 1. The van der Waals surface area contributed by atoms with Crippen molar-refractivity contribution >= 4 is 45.3 Å². The number of nitrogens with zero attached hydrogens (tertiary/aromatic N) is 1. The van der Waals surface area contributed by atoms with Crippen molar-refractivity contribution < 1.29 is 19.4 Å². The Kier molecular flexibility index (Phi) is 8.69. The van der Waals surface area contributed by atoms with Crippen LogP contribution in [0.5, 0.6) is 0 Å². The Labute approximate surface area is 181 Å². The Balaban J connectivity index is 0.000000735. The van der Waals surface area contributed by atoms with Gasteiger partial charge in [0.2, 0.25) is 0 Å². The molecule has 0 saturated carbocycles. The number of carboxylic acids is 1. The average Bonchev–Trinajstić information content (AvgIpc) is 3.07. The number of carboxylic acid groups (broad SMARTS) is 1. The highest BCUT2D eigenvalue weighted by Gasteiger charge is 2.18. The van der Waals surface area contributed by atoms with E-state index in [4.69, 9.17) is 26.2 Å². The van der Waals surface area contributed by atoms with Crippen LogP contribution >= 0.6 is 11.6 Å². The number of rotatable bonds is 7. The van der Waals surface area contributed by atoms with Crippen LogP contribution in [0.25, 0.3) is 21.8 Å². The van der Waals surface area contributed by atoms with Crippen molar-refractivity contribution in [2.24, 2.45) is 0 Å². The van der Waals surface area contributed by atoms with Crippen LogP contribution in [0.1, 0.15) is 39.2 Å². The fraction of sp³-hybridized carbons (Fsp3) is 0.391. The van der Waals surface area contributed by atoms with Crippen LogP contribution in [0, 0.1) is 0 Å². The molecule has 0 fully saturated rings. The third-order valence-electron chi connectivity index (χ3n) is 4.98. The molecular weight excluding hydrogens is 404 g/mol. The number of carbonyl (C=O) groups is 2. The van der Waals surface area contributed by atoms with Gasteiger partial charge in [0.1, 0.15) is 6.61 Å². The number of halogens is 1. The Bertz CT molecular complexity index is 1010. The number of benzene rings is 2. The van der Waals surface area contributed by atoms with E-state index in [1.807, 2.05) is 43.3 Å². The van der Waals surface area contributed by atoms with Crippen LogP contribution in [0.2, 0.25) is 5.02 Å². The van der Waals surface area contributed by atoms with E-state index in [1.54, 1.807) is 0 Å². The normalized spacial score (nSPS) is 11.9. The topological polar surface area (TPSA) is 82.6 Å². The maximum Gasteiger partial charge on any atom is 0.313 e. The second-order valence-electron chi connectivity index (χ2n) is 7.06. The summed E-state index contributed by atoms with van der Waals surface area (Å²) < 4.78 is 5.47. The van der Waals surface area contributed by atoms with Gasteiger partial charge < -0.3 is 19.7 Å². The van der Waals surface area contributed by atoms with E-state index in [0.29, 0.717) is 11.6 Å². The highest BCUT2D eigenvalue weighted by molar-refractivity contribution is 6.31. The van der Waals surface area contributed by atoms with E-state index in [9.17, 15) is 4.79 Å².